The van der Waals surface area contributed by atoms with E-state index in [1.807, 2.05) is 0 Å². The van der Waals surface area contributed by atoms with Crippen LogP contribution in [0.25, 0.3) is 10.8 Å². The average molecular weight is 224 g/mol. The van der Waals surface area contributed by atoms with Crippen LogP contribution in [0.15, 0.2) is 36.4 Å². The number of carboxylic acids is 1. The summed E-state index contributed by atoms with van der Waals surface area (Å²) in [4.78, 5) is 21.3. The third-order valence-corrected chi connectivity index (χ3v) is 2.42. The summed E-state index contributed by atoms with van der Waals surface area (Å²) in [5.41, 5.74) is 0.884. The van der Waals surface area contributed by atoms with Crippen molar-refractivity contribution in [3.8, 4) is 11.8 Å². The molecule has 0 bridgehead atoms. The molecule has 0 atom stereocenters. The number of carbonyl (C=O) groups is 2. The van der Waals surface area contributed by atoms with Gasteiger partial charge < -0.3 is 5.11 Å². The van der Waals surface area contributed by atoms with Gasteiger partial charge in [0.15, 0.2) is 6.29 Å². The highest BCUT2D eigenvalue weighted by Gasteiger charge is 2.08. The normalized spacial score (nSPS) is 9.41. The van der Waals surface area contributed by atoms with E-state index in [0.29, 0.717) is 17.2 Å². The van der Waals surface area contributed by atoms with E-state index in [4.69, 9.17) is 5.11 Å². The fraction of sp³-hybridized carbons (Fsp3) is 0. The maximum Gasteiger partial charge on any atom is 0.336 e. The zero-order valence-corrected chi connectivity index (χ0v) is 8.81. The van der Waals surface area contributed by atoms with Crippen molar-refractivity contribution in [2.45, 2.75) is 0 Å². The van der Waals surface area contributed by atoms with Crippen LogP contribution in [0.2, 0.25) is 0 Å². The minimum absolute atomic E-state index is 0.234. The number of hydrogen-bond acceptors (Lipinski definition) is 2. The number of hydrogen-bond donors (Lipinski definition) is 1. The third-order valence-electron chi connectivity index (χ3n) is 2.42. The molecule has 0 aliphatic heterocycles. The van der Waals surface area contributed by atoms with Crippen molar-refractivity contribution in [2.75, 3.05) is 0 Å². The summed E-state index contributed by atoms with van der Waals surface area (Å²) in [5.74, 6) is 4.04. The van der Waals surface area contributed by atoms with Crippen LogP contribution < -0.4 is 0 Å². The summed E-state index contributed by atoms with van der Waals surface area (Å²) < 4.78 is 0. The second-order valence-corrected chi connectivity index (χ2v) is 3.40. The van der Waals surface area contributed by atoms with E-state index in [2.05, 4.69) is 11.8 Å². The molecular formula is C14H8O3. The van der Waals surface area contributed by atoms with Crippen LogP contribution in [-0.2, 0) is 4.79 Å². The number of aldehydes is 1. The second kappa shape index (κ2) is 4.50. The van der Waals surface area contributed by atoms with Crippen LogP contribution in [0.3, 0.4) is 0 Å². The Morgan fingerprint density at radius 1 is 1.12 bits per heavy atom. The van der Waals surface area contributed by atoms with Gasteiger partial charge in [-0.3, -0.25) is 4.79 Å². The van der Waals surface area contributed by atoms with Gasteiger partial charge in [-0.1, -0.05) is 30.2 Å². The molecule has 17 heavy (non-hydrogen) atoms. The molecule has 0 fully saturated rings. The molecule has 0 amide bonds. The van der Waals surface area contributed by atoms with E-state index >= 15 is 0 Å². The van der Waals surface area contributed by atoms with E-state index in [1.165, 1.54) is 0 Å². The monoisotopic (exact) mass is 224 g/mol. The van der Waals surface area contributed by atoms with Crippen molar-refractivity contribution in [3.05, 3.63) is 47.5 Å². The Hall–Kier alpha value is -2.60. The molecule has 0 unspecified atom stereocenters. The minimum Gasteiger partial charge on any atom is -0.478 e. The minimum atomic E-state index is -0.976. The fourth-order valence-corrected chi connectivity index (χ4v) is 1.71. The maximum absolute atomic E-state index is 11.0. The Balaban J connectivity index is 2.78. The molecule has 2 rings (SSSR count). The maximum atomic E-state index is 11.0. The largest absolute Gasteiger partial charge is 0.478 e. The van der Waals surface area contributed by atoms with E-state index < -0.39 is 5.97 Å². The quantitative estimate of drug-likeness (QED) is 0.596. The lowest BCUT2D eigenvalue weighted by atomic mass is 10.0. The first kappa shape index (κ1) is 10.9. The zero-order chi connectivity index (χ0) is 12.3. The van der Waals surface area contributed by atoms with Crippen molar-refractivity contribution in [3.63, 3.8) is 0 Å². The summed E-state index contributed by atoms with van der Waals surface area (Å²) in [7, 11) is 0. The molecule has 0 saturated carbocycles. The smallest absolute Gasteiger partial charge is 0.336 e. The molecule has 0 radical (unpaired) electrons. The summed E-state index contributed by atoms with van der Waals surface area (Å²) in [6.07, 6.45) is 0.514. The molecule has 3 nitrogen and oxygen atoms in total. The van der Waals surface area contributed by atoms with E-state index in [9.17, 15) is 9.59 Å². The Bertz CT molecular complexity index is 660. The van der Waals surface area contributed by atoms with Crippen molar-refractivity contribution in [2.24, 2.45) is 0 Å². The second-order valence-electron chi connectivity index (χ2n) is 3.40. The molecule has 2 aromatic rings. The summed E-state index contributed by atoms with van der Waals surface area (Å²) in [6.45, 7) is 0. The molecule has 0 aliphatic carbocycles. The molecule has 82 valence electrons. The van der Waals surface area contributed by atoms with Crippen molar-refractivity contribution >= 4 is 23.0 Å². The summed E-state index contributed by atoms with van der Waals surface area (Å²) in [5, 5.41) is 10.4. The number of rotatable bonds is 1. The molecule has 2 aromatic carbocycles. The first-order valence-electron chi connectivity index (χ1n) is 4.94. The first-order chi connectivity index (χ1) is 8.24. The number of carboxylic acid groups (broad SMARTS) is 1. The van der Waals surface area contributed by atoms with Gasteiger partial charge in [-0.15, -0.1) is 0 Å². The van der Waals surface area contributed by atoms with Crippen LogP contribution >= 0.6 is 0 Å². The van der Waals surface area contributed by atoms with Gasteiger partial charge >= 0.3 is 5.97 Å². The van der Waals surface area contributed by atoms with E-state index in [-0.39, 0.29) is 5.56 Å². The highest BCUT2D eigenvalue weighted by atomic mass is 16.4. The van der Waals surface area contributed by atoms with Crippen LogP contribution in [0.5, 0.6) is 0 Å². The van der Waals surface area contributed by atoms with Gasteiger partial charge in [-0.05, 0) is 28.8 Å². The van der Waals surface area contributed by atoms with Gasteiger partial charge in [-0.2, -0.15) is 0 Å². The molecule has 0 aliphatic rings. The Morgan fingerprint density at radius 3 is 2.53 bits per heavy atom. The number of fused-ring (bicyclic) bond motifs is 1. The molecule has 3 heteroatoms. The molecule has 0 spiro atoms. The summed E-state index contributed by atoms with van der Waals surface area (Å²) in [6, 6.07) is 10.2. The van der Waals surface area contributed by atoms with E-state index in [1.54, 1.807) is 36.4 Å². The van der Waals surface area contributed by atoms with Crippen LogP contribution in [0.4, 0.5) is 0 Å². The van der Waals surface area contributed by atoms with E-state index in [0.717, 1.165) is 5.39 Å². The van der Waals surface area contributed by atoms with Crippen LogP contribution in [0.1, 0.15) is 15.9 Å². The predicted molar refractivity (Wildman–Crippen MR) is 63.8 cm³/mol. The van der Waals surface area contributed by atoms with Gasteiger partial charge in [-0.25, -0.2) is 4.79 Å². The highest BCUT2D eigenvalue weighted by molar-refractivity contribution is 6.05. The number of aromatic carboxylic acids is 1. The molecule has 0 saturated heterocycles. The lowest BCUT2D eigenvalue weighted by Crippen LogP contribution is -1.97. The highest BCUT2D eigenvalue weighted by Crippen LogP contribution is 2.21. The predicted octanol–water partition coefficient (Wildman–Crippen LogP) is 2.09. The topological polar surface area (TPSA) is 54.4 Å². The van der Waals surface area contributed by atoms with Gasteiger partial charge in [0.2, 0.25) is 0 Å². The molecular weight excluding hydrogens is 216 g/mol. The SMILES string of the molecule is O=CC#Cc1cccc2c(C(=O)O)cccc12. The van der Waals surface area contributed by atoms with Gasteiger partial charge in [0.25, 0.3) is 0 Å². The number of carbonyl (C=O) groups excluding carboxylic acids is 1. The summed E-state index contributed by atoms with van der Waals surface area (Å²) >= 11 is 0. The van der Waals surface area contributed by atoms with Crippen molar-refractivity contribution < 1.29 is 14.7 Å². The van der Waals surface area contributed by atoms with Gasteiger partial charge in [0, 0.05) is 5.56 Å². The van der Waals surface area contributed by atoms with Gasteiger partial charge in [0.05, 0.1) is 5.56 Å². The van der Waals surface area contributed by atoms with Gasteiger partial charge in [0.1, 0.15) is 0 Å². The first-order valence-corrected chi connectivity index (χ1v) is 4.94. The fourth-order valence-electron chi connectivity index (χ4n) is 1.71. The average Bonchev–Trinajstić information content (AvgIpc) is 2.35. The molecule has 1 N–H and O–H groups in total. The Kier molecular flexibility index (Phi) is 2.89. The van der Waals surface area contributed by atoms with Crippen molar-refractivity contribution in [1.29, 1.82) is 0 Å². The number of benzene rings is 2. The van der Waals surface area contributed by atoms with Crippen LogP contribution in [-0.4, -0.2) is 17.4 Å². The third kappa shape index (κ3) is 2.01. The standard InChI is InChI=1S/C14H8O3/c15-9-3-5-10-4-1-7-12-11(10)6-2-8-13(12)14(16)17/h1-2,4,6-9H,(H,16,17). The lowest BCUT2D eigenvalue weighted by molar-refractivity contribution is -0.103. The van der Waals surface area contributed by atoms with Crippen molar-refractivity contribution in [1.82, 2.24) is 0 Å². The van der Waals surface area contributed by atoms with Crippen LogP contribution in [0, 0.1) is 11.8 Å². The Morgan fingerprint density at radius 2 is 1.82 bits per heavy atom. The Labute approximate surface area is 97.7 Å². The lowest BCUT2D eigenvalue weighted by Gasteiger charge is -2.03. The zero-order valence-electron chi connectivity index (χ0n) is 8.81. The molecule has 0 aromatic heterocycles. The molecule has 0 heterocycles.